The summed E-state index contributed by atoms with van der Waals surface area (Å²) in [6.45, 7) is 0.395. The summed E-state index contributed by atoms with van der Waals surface area (Å²) in [7, 11) is 0. The number of hydrogen-bond donors (Lipinski definition) is 3. The first-order chi connectivity index (χ1) is 12.2. The molecule has 0 saturated carbocycles. The number of nitrogens with one attached hydrogen (secondary N) is 2. The SMILES string of the molecule is O=C(Nc1ccccc1)N1CCc2c([nH]c3ccc(Cl)cc23)C1CO. The molecule has 1 aliphatic heterocycles. The van der Waals surface area contributed by atoms with Crippen molar-refractivity contribution in [3.8, 4) is 0 Å². The molecule has 2 aromatic carbocycles. The molecule has 0 fully saturated rings. The van der Waals surface area contributed by atoms with Gasteiger partial charge in [-0.2, -0.15) is 0 Å². The van der Waals surface area contributed by atoms with Crippen LogP contribution in [-0.2, 0) is 6.42 Å². The number of carbonyl (C=O) groups is 1. The van der Waals surface area contributed by atoms with Gasteiger partial charge in [0.15, 0.2) is 0 Å². The molecule has 1 aliphatic rings. The molecular weight excluding hydrogens is 338 g/mol. The molecule has 3 N–H and O–H groups in total. The van der Waals surface area contributed by atoms with Gasteiger partial charge in [0.1, 0.15) is 0 Å². The molecular formula is C19H18ClN3O2. The predicted octanol–water partition coefficient (Wildman–Crippen LogP) is 3.94. The van der Waals surface area contributed by atoms with Gasteiger partial charge in [0, 0.05) is 33.9 Å². The predicted molar refractivity (Wildman–Crippen MR) is 99.0 cm³/mol. The average molecular weight is 356 g/mol. The highest BCUT2D eigenvalue weighted by Crippen LogP contribution is 2.35. The Morgan fingerprint density at radius 3 is 2.84 bits per heavy atom. The van der Waals surface area contributed by atoms with E-state index in [0.29, 0.717) is 18.0 Å². The topological polar surface area (TPSA) is 68.4 Å². The van der Waals surface area contributed by atoms with Crippen molar-refractivity contribution in [2.24, 2.45) is 0 Å². The number of aromatic amines is 1. The number of aliphatic hydroxyl groups excluding tert-OH is 1. The van der Waals surface area contributed by atoms with Crippen LogP contribution in [0.2, 0.25) is 5.02 Å². The monoisotopic (exact) mass is 355 g/mol. The van der Waals surface area contributed by atoms with Gasteiger partial charge < -0.3 is 20.3 Å². The standard InChI is InChI=1S/C19H18ClN3O2/c20-12-6-7-16-15(10-12)14-8-9-23(17(11-24)18(14)22-16)19(25)21-13-4-2-1-3-5-13/h1-7,10,17,22,24H,8-9,11H2,(H,21,25). The van der Waals surface area contributed by atoms with Crippen molar-refractivity contribution in [1.82, 2.24) is 9.88 Å². The van der Waals surface area contributed by atoms with E-state index in [1.165, 1.54) is 0 Å². The second kappa shape index (κ2) is 6.43. The first-order valence-corrected chi connectivity index (χ1v) is 8.58. The van der Waals surface area contributed by atoms with Gasteiger partial charge in [-0.3, -0.25) is 0 Å². The lowest BCUT2D eigenvalue weighted by Crippen LogP contribution is -2.43. The van der Waals surface area contributed by atoms with Crippen LogP contribution >= 0.6 is 11.6 Å². The minimum atomic E-state index is -0.404. The zero-order valence-electron chi connectivity index (χ0n) is 13.5. The number of para-hydroxylation sites is 1. The zero-order chi connectivity index (χ0) is 17.4. The van der Waals surface area contributed by atoms with Crippen LogP contribution < -0.4 is 5.32 Å². The fourth-order valence-corrected chi connectivity index (χ4v) is 3.66. The van der Waals surface area contributed by atoms with E-state index in [1.807, 2.05) is 48.5 Å². The van der Waals surface area contributed by atoms with Gasteiger partial charge in [-0.05, 0) is 42.3 Å². The number of carbonyl (C=O) groups excluding carboxylic acids is 1. The van der Waals surface area contributed by atoms with Gasteiger partial charge in [-0.25, -0.2) is 4.79 Å². The van der Waals surface area contributed by atoms with Crippen molar-refractivity contribution >= 4 is 34.2 Å². The molecule has 0 spiro atoms. The van der Waals surface area contributed by atoms with Crippen molar-refractivity contribution in [1.29, 1.82) is 0 Å². The molecule has 1 unspecified atom stereocenters. The maximum absolute atomic E-state index is 12.7. The van der Waals surface area contributed by atoms with E-state index >= 15 is 0 Å². The Bertz CT molecular complexity index is 923. The number of aliphatic hydroxyl groups is 1. The first kappa shape index (κ1) is 16.0. The lowest BCUT2D eigenvalue weighted by molar-refractivity contribution is 0.133. The van der Waals surface area contributed by atoms with Crippen LogP contribution in [0, 0.1) is 0 Å². The lowest BCUT2D eigenvalue weighted by atomic mass is 9.98. The summed E-state index contributed by atoms with van der Waals surface area (Å²) in [6.07, 6.45) is 0.717. The summed E-state index contributed by atoms with van der Waals surface area (Å²) < 4.78 is 0. The van der Waals surface area contributed by atoms with Crippen molar-refractivity contribution in [3.05, 3.63) is 64.8 Å². The Labute approximate surface area is 150 Å². The van der Waals surface area contributed by atoms with E-state index in [9.17, 15) is 9.90 Å². The second-order valence-electron chi connectivity index (χ2n) is 6.15. The number of urea groups is 1. The number of rotatable bonds is 2. The fraction of sp³-hybridized carbons (Fsp3) is 0.211. The van der Waals surface area contributed by atoms with Crippen LogP contribution in [0.25, 0.3) is 10.9 Å². The number of anilines is 1. The molecule has 0 radical (unpaired) electrons. The first-order valence-electron chi connectivity index (χ1n) is 8.21. The summed E-state index contributed by atoms with van der Waals surface area (Å²) in [6, 6.07) is 14.4. The highest BCUT2D eigenvalue weighted by Gasteiger charge is 2.33. The second-order valence-corrected chi connectivity index (χ2v) is 6.58. The molecule has 1 aromatic heterocycles. The van der Waals surface area contributed by atoms with E-state index in [1.54, 1.807) is 4.90 Å². The van der Waals surface area contributed by atoms with Crippen molar-refractivity contribution in [3.63, 3.8) is 0 Å². The molecule has 0 saturated heterocycles. The third kappa shape index (κ3) is 2.86. The quantitative estimate of drug-likeness (QED) is 0.651. The number of nitrogens with zero attached hydrogens (tertiary/aromatic N) is 1. The molecule has 4 rings (SSSR count). The van der Waals surface area contributed by atoms with Crippen LogP contribution in [0.1, 0.15) is 17.3 Å². The number of hydrogen-bond acceptors (Lipinski definition) is 2. The molecule has 3 aromatic rings. The molecule has 5 nitrogen and oxygen atoms in total. The Morgan fingerprint density at radius 2 is 2.08 bits per heavy atom. The highest BCUT2D eigenvalue weighted by molar-refractivity contribution is 6.31. The van der Waals surface area contributed by atoms with E-state index in [-0.39, 0.29) is 12.6 Å². The Morgan fingerprint density at radius 1 is 1.28 bits per heavy atom. The molecule has 2 amide bonds. The van der Waals surface area contributed by atoms with Gasteiger partial charge in [0.2, 0.25) is 0 Å². The van der Waals surface area contributed by atoms with E-state index in [2.05, 4.69) is 10.3 Å². The Kier molecular flexibility index (Phi) is 4.11. The van der Waals surface area contributed by atoms with Gasteiger partial charge >= 0.3 is 6.03 Å². The third-order valence-electron chi connectivity index (χ3n) is 4.67. The van der Waals surface area contributed by atoms with Crippen LogP contribution in [0.5, 0.6) is 0 Å². The van der Waals surface area contributed by atoms with Gasteiger partial charge in [-0.1, -0.05) is 29.8 Å². The van der Waals surface area contributed by atoms with Crippen LogP contribution in [-0.4, -0.2) is 34.2 Å². The van der Waals surface area contributed by atoms with Gasteiger partial charge in [0.05, 0.1) is 12.6 Å². The molecule has 0 bridgehead atoms. The normalized spacial score (nSPS) is 16.7. The third-order valence-corrected chi connectivity index (χ3v) is 4.91. The Balaban J connectivity index is 1.66. The van der Waals surface area contributed by atoms with Crippen molar-refractivity contribution in [2.45, 2.75) is 12.5 Å². The van der Waals surface area contributed by atoms with Gasteiger partial charge in [-0.15, -0.1) is 0 Å². The van der Waals surface area contributed by atoms with Crippen LogP contribution in [0.4, 0.5) is 10.5 Å². The fourth-order valence-electron chi connectivity index (χ4n) is 3.49. The minimum Gasteiger partial charge on any atom is -0.394 e. The smallest absolute Gasteiger partial charge is 0.322 e. The number of halogens is 1. The largest absolute Gasteiger partial charge is 0.394 e. The van der Waals surface area contributed by atoms with Crippen molar-refractivity contribution in [2.75, 3.05) is 18.5 Å². The average Bonchev–Trinajstić information content (AvgIpc) is 2.99. The molecule has 128 valence electrons. The highest BCUT2D eigenvalue weighted by atomic mass is 35.5. The molecule has 0 aliphatic carbocycles. The van der Waals surface area contributed by atoms with Crippen molar-refractivity contribution < 1.29 is 9.90 Å². The summed E-state index contributed by atoms with van der Waals surface area (Å²) in [4.78, 5) is 17.7. The summed E-state index contributed by atoms with van der Waals surface area (Å²) in [5.74, 6) is 0. The lowest BCUT2D eigenvalue weighted by Gasteiger charge is -2.34. The summed E-state index contributed by atoms with van der Waals surface area (Å²) in [5.41, 5.74) is 3.71. The maximum Gasteiger partial charge on any atom is 0.322 e. The van der Waals surface area contributed by atoms with Crippen LogP contribution in [0.15, 0.2) is 48.5 Å². The number of amides is 2. The molecule has 2 heterocycles. The number of fused-ring (bicyclic) bond motifs is 3. The zero-order valence-corrected chi connectivity index (χ0v) is 14.3. The number of aromatic nitrogens is 1. The number of H-pyrrole nitrogens is 1. The summed E-state index contributed by atoms with van der Waals surface area (Å²) >= 11 is 6.12. The minimum absolute atomic E-state index is 0.143. The van der Waals surface area contributed by atoms with Gasteiger partial charge in [0.25, 0.3) is 0 Å². The van der Waals surface area contributed by atoms with Crippen LogP contribution in [0.3, 0.4) is 0 Å². The number of benzene rings is 2. The maximum atomic E-state index is 12.7. The van der Waals surface area contributed by atoms with E-state index in [4.69, 9.17) is 11.6 Å². The Hall–Kier alpha value is -2.50. The van der Waals surface area contributed by atoms with E-state index < -0.39 is 6.04 Å². The summed E-state index contributed by atoms with van der Waals surface area (Å²) in [5, 5.41) is 14.6. The molecule has 1 atom stereocenters. The van der Waals surface area contributed by atoms with E-state index in [0.717, 1.165) is 27.8 Å². The molecule has 25 heavy (non-hydrogen) atoms. The molecule has 6 heteroatoms.